The highest BCUT2D eigenvalue weighted by Gasteiger charge is 2.63. The van der Waals surface area contributed by atoms with Crippen LogP contribution in [-0.4, -0.2) is 53.3 Å². The second kappa shape index (κ2) is 4.84. The molecule has 3 rings (SSSR count). The van der Waals surface area contributed by atoms with E-state index in [1.165, 1.54) is 4.90 Å². The molecular formula is C14H21N3O3. The summed E-state index contributed by atoms with van der Waals surface area (Å²) in [6.45, 7) is 5.04. The second-order valence-electron chi connectivity index (χ2n) is 6.09. The molecule has 1 spiro atoms. The molecular weight excluding hydrogens is 258 g/mol. The molecule has 1 saturated carbocycles. The Kier molecular flexibility index (Phi) is 3.28. The summed E-state index contributed by atoms with van der Waals surface area (Å²) in [7, 11) is 0. The third-order valence-electron chi connectivity index (χ3n) is 4.71. The lowest BCUT2D eigenvalue weighted by atomic mass is 9.96. The standard InChI is InChI=1S/C14H21N3O3/c1-2-7-16-8-3-10(4-9-16)17-12(19)14(5-6-14)11(18)15-13(17)20/h10H,2-9H2,1H3,(H,15,18,20). The van der Waals surface area contributed by atoms with Crippen LogP contribution in [0.5, 0.6) is 0 Å². The van der Waals surface area contributed by atoms with Crippen molar-refractivity contribution >= 4 is 17.8 Å². The van der Waals surface area contributed by atoms with Gasteiger partial charge in [0.15, 0.2) is 0 Å². The average molecular weight is 279 g/mol. The molecule has 1 aliphatic carbocycles. The fraction of sp³-hybridized carbons (Fsp3) is 0.786. The number of nitrogens with zero attached hydrogens (tertiary/aromatic N) is 2. The van der Waals surface area contributed by atoms with Gasteiger partial charge < -0.3 is 4.90 Å². The smallest absolute Gasteiger partial charge is 0.303 e. The van der Waals surface area contributed by atoms with Gasteiger partial charge in [0.25, 0.3) is 0 Å². The van der Waals surface area contributed by atoms with Crippen LogP contribution in [-0.2, 0) is 9.59 Å². The monoisotopic (exact) mass is 279 g/mol. The Morgan fingerprint density at radius 1 is 1.20 bits per heavy atom. The Hall–Kier alpha value is -1.43. The van der Waals surface area contributed by atoms with Gasteiger partial charge in [0.1, 0.15) is 5.41 Å². The largest absolute Gasteiger partial charge is 0.331 e. The van der Waals surface area contributed by atoms with Crippen molar-refractivity contribution in [2.24, 2.45) is 5.41 Å². The topological polar surface area (TPSA) is 69.7 Å². The summed E-state index contributed by atoms with van der Waals surface area (Å²) in [6, 6.07) is -0.576. The zero-order valence-corrected chi connectivity index (χ0v) is 11.9. The van der Waals surface area contributed by atoms with Gasteiger partial charge in [-0.3, -0.25) is 19.8 Å². The summed E-state index contributed by atoms with van der Waals surface area (Å²) >= 11 is 0. The van der Waals surface area contributed by atoms with Crippen LogP contribution in [0.1, 0.15) is 39.0 Å². The Balaban J connectivity index is 1.69. The lowest BCUT2D eigenvalue weighted by Gasteiger charge is -2.40. The fourth-order valence-electron chi connectivity index (χ4n) is 3.31. The third-order valence-corrected chi connectivity index (χ3v) is 4.71. The van der Waals surface area contributed by atoms with E-state index in [0.717, 1.165) is 38.9 Å². The number of carbonyl (C=O) groups excluding carboxylic acids is 3. The normalized spacial score (nSPS) is 27.1. The third kappa shape index (κ3) is 2.02. The van der Waals surface area contributed by atoms with Crippen LogP contribution in [0.2, 0.25) is 0 Å². The highest BCUT2D eigenvalue weighted by molar-refractivity contribution is 6.21. The van der Waals surface area contributed by atoms with E-state index in [4.69, 9.17) is 0 Å². The molecule has 20 heavy (non-hydrogen) atoms. The number of likely N-dealkylation sites (tertiary alicyclic amines) is 1. The number of nitrogens with one attached hydrogen (secondary N) is 1. The molecule has 6 heteroatoms. The van der Waals surface area contributed by atoms with Gasteiger partial charge in [-0.1, -0.05) is 6.92 Å². The summed E-state index contributed by atoms with van der Waals surface area (Å²) in [5.74, 6) is -0.660. The summed E-state index contributed by atoms with van der Waals surface area (Å²) in [5.41, 5.74) is -0.908. The van der Waals surface area contributed by atoms with Gasteiger partial charge in [0, 0.05) is 19.1 Å². The molecule has 6 nitrogen and oxygen atoms in total. The van der Waals surface area contributed by atoms with E-state index in [-0.39, 0.29) is 11.9 Å². The molecule has 1 N–H and O–H groups in total. The number of hydrogen-bond acceptors (Lipinski definition) is 4. The van der Waals surface area contributed by atoms with E-state index in [9.17, 15) is 14.4 Å². The summed E-state index contributed by atoms with van der Waals surface area (Å²) in [4.78, 5) is 39.9. The number of amides is 4. The maximum absolute atomic E-state index is 12.5. The van der Waals surface area contributed by atoms with E-state index >= 15 is 0 Å². The molecule has 0 atom stereocenters. The first-order valence-corrected chi connectivity index (χ1v) is 7.50. The number of hydrogen-bond donors (Lipinski definition) is 1. The van der Waals surface area contributed by atoms with E-state index in [1.54, 1.807) is 0 Å². The van der Waals surface area contributed by atoms with Crippen molar-refractivity contribution < 1.29 is 14.4 Å². The molecule has 0 aromatic heterocycles. The van der Waals surface area contributed by atoms with Gasteiger partial charge in [-0.15, -0.1) is 0 Å². The fourth-order valence-corrected chi connectivity index (χ4v) is 3.31. The molecule has 2 saturated heterocycles. The van der Waals surface area contributed by atoms with Crippen molar-refractivity contribution in [1.82, 2.24) is 15.1 Å². The second-order valence-corrected chi connectivity index (χ2v) is 6.09. The van der Waals surface area contributed by atoms with Crippen molar-refractivity contribution in [2.45, 2.75) is 45.1 Å². The van der Waals surface area contributed by atoms with Gasteiger partial charge in [-0.2, -0.15) is 0 Å². The predicted octanol–water partition coefficient (Wildman–Crippen LogP) is 0.719. The molecule has 4 amide bonds. The zero-order chi connectivity index (χ0) is 14.3. The molecule has 2 aliphatic heterocycles. The first kappa shape index (κ1) is 13.5. The van der Waals surface area contributed by atoms with E-state index in [1.807, 2.05) is 0 Å². The molecule has 0 bridgehead atoms. The molecule has 2 heterocycles. The van der Waals surface area contributed by atoms with Gasteiger partial charge in [0.2, 0.25) is 11.8 Å². The molecule has 0 radical (unpaired) electrons. The number of carbonyl (C=O) groups is 3. The van der Waals surface area contributed by atoms with Crippen LogP contribution < -0.4 is 5.32 Å². The van der Waals surface area contributed by atoms with E-state index in [0.29, 0.717) is 12.8 Å². The van der Waals surface area contributed by atoms with E-state index < -0.39 is 17.4 Å². The van der Waals surface area contributed by atoms with Crippen molar-refractivity contribution in [3.05, 3.63) is 0 Å². The number of rotatable bonds is 3. The minimum atomic E-state index is -0.908. The number of urea groups is 1. The first-order valence-electron chi connectivity index (χ1n) is 7.50. The average Bonchev–Trinajstić information content (AvgIpc) is 3.21. The number of barbiturate groups is 1. The Bertz CT molecular complexity index is 451. The Morgan fingerprint density at radius 3 is 2.40 bits per heavy atom. The molecule has 3 aliphatic rings. The predicted molar refractivity (Wildman–Crippen MR) is 71.8 cm³/mol. The molecule has 0 aromatic carbocycles. The van der Waals surface area contributed by atoms with Crippen LogP contribution in [0.15, 0.2) is 0 Å². The van der Waals surface area contributed by atoms with Crippen LogP contribution >= 0.6 is 0 Å². The van der Waals surface area contributed by atoms with E-state index in [2.05, 4.69) is 17.1 Å². The summed E-state index contributed by atoms with van der Waals surface area (Å²) in [5, 5.41) is 2.36. The lowest BCUT2D eigenvalue weighted by Crippen LogP contribution is -2.63. The summed E-state index contributed by atoms with van der Waals surface area (Å²) < 4.78 is 0. The van der Waals surface area contributed by atoms with Crippen molar-refractivity contribution in [2.75, 3.05) is 19.6 Å². The SMILES string of the molecule is CCCN1CCC(N2C(=O)NC(=O)C3(CC3)C2=O)CC1. The Morgan fingerprint density at radius 2 is 1.85 bits per heavy atom. The highest BCUT2D eigenvalue weighted by atomic mass is 16.2. The molecule has 3 fully saturated rings. The minimum absolute atomic E-state index is 0.0545. The lowest BCUT2D eigenvalue weighted by molar-refractivity contribution is -0.146. The van der Waals surface area contributed by atoms with Gasteiger partial charge in [0.05, 0.1) is 0 Å². The van der Waals surface area contributed by atoms with Crippen molar-refractivity contribution in [3.63, 3.8) is 0 Å². The molecule has 110 valence electrons. The van der Waals surface area contributed by atoms with Crippen LogP contribution in [0.25, 0.3) is 0 Å². The van der Waals surface area contributed by atoms with Gasteiger partial charge in [-0.25, -0.2) is 4.79 Å². The first-order chi connectivity index (χ1) is 9.58. The van der Waals surface area contributed by atoms with Crippen molar-refractivity contribution in [1.29, 1.82) is 0 Å². The maximum Gasteiger partial charge on any atom is 0.331 e. The minimum Gasteiger partial charge on any atom is -0.303 e. The maximum atomic E-state index is 12.5. The summed E-state index contributed by atoms with van der Waals surface area (Å²) in [6.07, 6.45) is 3.89. The van der Waals surface area contributed by atoms with Crippen LogP contribution in [0.3, 0.4) is 0 Å². The molecule has 0 aromatic rings. The van der Waals surface area contributed by atoms with Crippen LogP contribution in [0.4, 0.5) is 4.79 Å². The van der Waals surface area contributed by atoms with Crippen molar-refractivity contribution in [3.8, 4) is 0 Å². The number of imide groups is 2. The van der Waals surface area contributed by atoms with Gasteiger partial charge >= 0.3 is 6.03 Å². The van der Waals surface area contributed by atoms with Gasteiger partial charge in [-0.05, 0) is 38.6 Å². The van der Waals surface area contributed by atoms with Crippen LogP contribution in [0, 0.1) is 5.41 Å². The molecule has 0 unspecified atom stereocenters. The highest BCUT2D eigenvalue weighted by Crippen LogP contribution is 2.49. The quantitative estimate of drug-likeness (QED) is 0.773. The number of piperidine rings is 1. The Labute approximate surface area is 118 Å². The zero-order valence-electron chi connectivity index (χ0n) is 11.9.